The molecule has 0 spiro atoms. The fraction of sp³-hybridized carbons (Fsp3) is 0.583. The number of carbonyl (C=O) groups is 1. The summed E-state index contributed by atoms with van der Waals surface area (Å²) in [5, 5.41) is 1.93. The predicted molar refractivity (Wildman–Crippen MR) is 65.3 cm³/mol. The summed E-state index contributed by atoms with van der Waals surface area (Å²) < 4.78 is 0. The minimum Gasteiger partial charge on any atom is -0.338 e. The highest BCUT2D eigenvalue weighted by Gasteiger charge is 2.27. The molecule has 0 aliphatic rings. The molecule has 1 rings (SSSR count). The van der Waals surface area contributed by atoms with E-state index in [1.54, 1.807) is 0 Å². The van der Waals surface area contributed by atoms with Crippen molar-refractivity contribution in [1.29, 1.82) is 0 Å². The topological polar surface area (TPSA) is 20.3 Å². The zero-order valence-corrected chi connectivity index (χ0v) is 10.9. The zero-order valence-electron chi connectivity index (χ0n) is 10.1. The van der Waals surface area contributed by atoms with Crippen molar-refractivity contribution in [1.82, 2.24) is 4.90 Å². The smallest absolute Gasteiger partial charge is 0.263 e. The summed E-state index contributed by atoms with van der Waals surface area (Å²) in [5.41, 5.74) is 0.113. The van der Waals surface area contributed by atoms with Crippen LogP contribution in [0.5, 0.6) is 0 Å². The Kier molecular flexibility index (Phi) is 3.55. The summed E-state index contributed by atoms with van der Waals surface area (Å²) in [4.78, 5) is 14.7. The maximum Gasteiger partial charge on any atom is 0.263 e. The van der Waals surface area contributed by atoms with Crippen LogP contribution in [0, 0.1) is 5.41 Å². The molecule has 0 aliphatic carbocycles. The Bertz CT molecular complexity index is 324. The molecule has 0 bridgehead atoms. The van der Waals surface area contributed by atoms with Crippen molar-refractivity contribution in [2.75, 3.05) is 7.05 Å². The third-order valence-corrected chi connectivity index (χ3v) is 3.74. The highest BCUT2D eigenvalue weighted by Crippen LogP contribution is 2.24. The number of carbonyl (C=O) groups excluding carboxylic acids is 1. The van der Waals surface area contributed by atoms with Crippen LogP contribution < -0.4 is 0 Å². The van der Waals surface area contributed by atoms with Gasteiger partial charge in [0.05, 0.1) is 4.88 Å². The van der Waals surface area contributed by atoms with Crippen LogP contribution in [-0.4, -0.2) is 23.9 Å². The molecular formula is C12H19NOS. The largest absolute Gasteiger partial charge is 0.338 e. The summed E-state index contributed by atoms with van der Waals surface area (Å²) in [6.45, 7) is 8.53. The molecular weight excluding hydrogens is 206 g/mol. The maximum atomic E-state index is 12.0. The van der Waals surface area contributed by atoms with E-state index in [4.69, 9.17) is 0 Å². The van der Waals surface area contributed by atoms with Gasteiger partial charge in [-0.2, -0.15) is 0 Å². The maximum absolute atomic E-state index is 12.0. The van der Waals surface area contributed by atoms with Crippen molar-refractivity contribution in [2.45, 2.75) is 33.7 Å². The van der Waals surface area contributed by atoms with Crippen molar-refractivity contribution >= 4 is 17.2 Å². The Morgan fingerprint density at radius 3 is 2.47 bits per heavy atom. The molecule has 0 fully saturated rings. The van der Waals surface area contributed by atoms with Crippen LogP contribution in [0.15, 0.2) is 17.5 Å². The molecule has 0 aliphatic heterocycles. The van der Waals surface area contributed by atoms with Crippen molar-refractivity contribution < 1.29 is 4.79 Å². The molecule has 15 heavy (non-hydrogen) atoms. The fourth-order valence-corrected chi connectivity index (χ4v) is 2.04. The van der Waals surface area contributed by atoms with E-state index in [1.807, 2.05) is 29.5 Å². The molecule has 2 nitrogen and oxygen atoms in total. The molecule has 0 radical (unpaired) electrons. The van der Waals surface area contributed by atoms with E-state index >= 15 is 0 Å². The van der Waals surface area contributed by atoms with Gasteiger partial charge in [0.2, 0.25) is 0 Å². The van der Waals surface area contributed by atoms with Crippen LogP contribution in [0.2, 0.25) is 0 Å². The summed E-state index contributed by atoms with van der Waals surface area (Å²) in [6, 6.07) is 4.01. The van der Waals surface area contributed by atoms with E-state index in [0.717, 1.165) is 4.88 Å². The van der Waals surface area contributed by atoms with E-state index < -0.39 is 0 Å². The first kappa shape index (κ1) is 12.2. The zero-order chi connectivity index (χ0) is 11.6. The second-order valence-electron chi connectivity index (χ2n) is 4.94. The second kappa shape index (κ2) is 4.35. The van der Waals surface area contributed by atoms with E-state index in [9.17, 15) is 4.79 Å². The van der Waals surface area contributed by atoms with Gasteiger partial charge in [0.1, 0.15) is 0 Å². The van der Waals surface area contributed by atoms with Gasteiger partial charge in [-0.05, 0) is 23.8 Å². The average molecular weight is 225 g/mol. The normalized spacial score (nSPS) is 13.7. The first-order chi connectivity index (χ1) is 6.84. The number of hydrogen-bond donors (Lipinski definition) is 0. The Morgan fingerprint density at radius 2 is 2.07 bits per heavy atom. The molecule has 1 unspecified atom stereocenters. The molecule has 0 saturated carbocycles. The number of nitrogens with zero attached hydrogens (tertiary/aromatic N) is 1. The first-order valence-electron chi connectivity index (χ1n) is 5.14. The van der Waals surface area contributed by atoms with Crippen LogP contribution in [-0.2, 0) is 0 Å². The van der Waals surface area contributed by atoms with Gasteiger partial charge in [0, 0.05) is 13.1 Å². The summed E-state index contributed by atoms with van der Waals surface area (Å²) in [5.74, 6) is 0.118. The lowest BCUT2D eigenvalue weighted by molar-refractivity contribution is 0.0634. The SMILES string of the molecule is CC(N(C)C(=O)c1cccs1)C(C)(C)C. The molecule has 0 saturated heterocycles. The van der Waals surface area contributed by atoms with Gasteiger partial charge >= 0.3 is 0 Å². The minimum atomic E-state index is 0.113. The van der Waals surface area contributed by atoms with Gasteiger partial charge in [-0.25, -0.2) is 0 Å². The van der Waals surface area contributed by atoms with E-state index in [-0.39, 0.29) is 17.4 Å². The highest BCUT2D eigenvalue weighted by molar-refractivity contribution is 7.12. The van der Waals surface area contributed by atoms with Crippen LogP contribution in [0.4, 0.5) is 0 Å². The standard InChI is InChI=1S/C12H19NOS/c1-9(12(2,3)4)13(5)11(14)10-7-6-8-15-10/h6-9H,1-5H3. The third-order valence-electron chi connectivity index (χ3n) is 2.89. The molecule has 1 heterocycles. The van der Waals surface area contributed by atoms with E-state index in [1.165, 1.54) is 11.3 Å². The first-order valence-corrected chi connectivity index (χ1v) is 6.02. The van der Waals surface area contributed by atoms with Crippen LogP contribution in [0.3, 0.4) is 0 Å². The quantitative estimate of drug-likeness (QED) is 0.756. The van der Waals surface area contributed by atoms with Gasteiger partial charge in [0.25, 0.3) is 5.91 Å². The number of thiophene rings is 1. The summed E-state index contributed by atoms with van der Waals surface area (Å²) in [6.07, 6.45) is 0. The van der Waals surface area contributed by atoms with Crippen molar-refractivity contribution in [2.24, 2.45) is 5.41 Å². The Morgan fingerprint density at radius 1 is 1.47 bits per heavy atom. The Hall–Kier alpha value is -0.830. The van der Waals surface area contributed by atoms with Gasteiger partial charge in [0.15, 0.2) is 0 Å². The van der Waals surface area contributed by atoms with Crippen molar-refractivity contribution in [3.05, 3.63) is 22.4 Å². The van der Waals surface area contributed by atoms with Gasteiger partial charge in [-0.1, -0.05) is 26.8 Å². The third kappa shape index (κ3) is 2.81. The number of hydrogen-bond acceptors (Lipinski definition) is 2. The van der Waals surface area contributed by atoms with Crippen molar-refractivity contribution in [3.63, 3.8) is 0 Å². The van der Waals surface area contributed by atoms with Crippen LogP contribution >= 0.6 is 11.3 Å². The molecule has 1 amide bonds. The number of amides is 1. The van der Waals surface area contributed by atoms with E-state index in [2.05, 4.69) is 27.7 Å². The lowest BCUT2D eigenvalue weighted by Gasteiger charge is -2.35. The van der Waals surface area contributed by atoms with Crippen molar-refractivity contribution in [3.8, 4) is 0 Å². The predicted octanol–water partition coefficient (Wildman–Crippen LogP) is 3.25. The molecule has 0 aromatic carbocycles. The van der Waals surface area contributed by atoms with Crippen LogP contribution in [0.1, 0.15) is 37.4 Å². The highest BCUT2D eigenvalue weighted by atomic mass is 32.1. The Balaban J connectivity index is 2.78. The average Bonchev–Trinajstić information content (AvgIpc) is 2.65. The lowest BCUT2D eigenvalue weighted by Crippen LogP contribution is -2.42. The van der Waals surface area contributed by atoms with Gasteiger partial charge in [-0.3, -0.25) is 4.79 Å². The molecule has 1 atom stereocenters. The summed E-state index contributed by atoms with van der Waals surface area (Å²) >= 11 is 1.50. The molecule has 3 heteroatoms. The second-order valence-corrected chi connectivity index (χ2v) is 5.88. The molecule has 1 aromatic rings. The van der Waals surface area contributed by atoms with Gasteiger partial charge in [-0.15, -0.1) is 11.3 Å². The summed E-state index contributed by atoms with van der Waals surface area (Å²) in [7, 11) is 1.87. The number of rotatable bonds is 2. The lowest BCUT2D eigenvalue weighted by atomic mass is 9.87. The minimum absolute atomic E-state index is 0.113. The Labute approximate surface area is 95.9 Å². The van der Waals surface area contributed by atoms with Gasteiger partial charge < -0.3 is 4.90 Å². The molecule has 1 aromatic heterocycles. The van der Waals surface area contributed by atoms with Crippen LogP contribution in [0.25, 0.3) is 0 Å². The fourth-order valence-electron chi connectivity index (χ4n) is 1.33. The monoisotopic (exact) mass is 225 g/mol. The molecule has 84 valence electrons. The van der Waals surface area contributed by atoms with E-state index in [0.29, 0.717) is 0 Å². The molecule has 0 N–H and O–H groups in total.